The van der Waals surface area contributed by atoms with Crippen LogP contribution in [0.15, 0.2) is 24.3 Å². The predicted octanol–water partition coefficient (Wildman–Crippen LogP) is 1.12. The number of hydrogen-bond acceptors (Lipinski definition) is 3. The largest absolute Gasteiger partial charge is 0.328 e. The molecule has 5 heteroatoms. The van der Waals surface area contributed by atoms with Gasteiger partial charge in [0.2, 0.25) is 11.8 Å². The molecule has 1 atom stereocenters. The van der Waals surface area contributed by atoms with E-state index in [-0.39, 0.29) is 24.4 Å². The van der Waals surface area contributed by atoms with E-state index in [2.05, 4.69) is 0 Å². The number of nitrogens with zero attached hydrogens (tertiary/aromatic N) is 3. The normalized spacial score (nSPS) is 19.3. The minimum absolute atomic E-state index is 0.00439. The van der Waals surface area contributed by atoms with E-state index in [0.29, 0.717) is 13.1 Å². The maximum absolute atomic E-state index is 12.4. The SMILES string of the molecule is Cc1cccc(N2C[C@H](C)N(C(=O)CN(C)C)CC2=O)c1. The molecule has 0 aromatic heterocycles. The van der Waals surface area contributed by atoms with Gasteiger partial charge in [0, 0.05) is 18.3 Å². The van der Waals surface area contributed by atoms with Crippen LogP contribution < -0.4 is 4.90 Å². The molecule has 1 heterocycles. The van der Waals surface area contributed by atoms with Gasteiger partial charge in [-0.05, 0) is 45.6 Å². The summed E-state index contributed by atoms with van der Waals surface area (Å²) in [5.74, 6) is -0.0180. The first-order valence-electron chi connectivity index (χ1n) is 7.19. The Bertz CT molecular complexity index is 542. The Morgan fingerprint density at radius 1 is 1.38 bits per heavy atom. The number of carbonyl (C=O) groups is 2. The average molecular weight is 289 g/mol. The molecule has 1 aromatic rings. The van der Waals surface area contributed by atoms with E-state index in [1.165, 1.54) is 0 Å². The zero-order chi connectivity index (χ0) is 15.6. The van der Waals surface area contributed by atoms with Crippen molar-refractivity contribution in [2.24, 2.45) is 0 Å². The Balaban J connectivity index is 2.12. The van der Waals surface area contributed by atoms with Gasteiger partial charge >= 0.3 is 0 Å². The topological polar surface area (TPSA) is 43.9 Å². The Kier molecular flexibility index (Phi) is 4.63. The number of hydrogen-bond donors (Lipinski definition) is 0. The Morgan fingerprint density at radius 3 is 2.71 bits per heavy atom. The number of anilines is 1. The van der Waals surface area contributed by atoms with E-state index < -0.39 is 0 Å². The zero-order valence-electron chi connectivity index (χ0n) is 13.2. The van der Waals surface area contributed by atoms with Crippen molar-refractivity contribution in [3.8, 4) is 0 Å². The molecule has 1 fully saturated rings. The molecular weight excluding hydrogens is 266 g/mol. The van der Waals surface area contributed by atoms with Gasteiger partial charge in [0.25, 0.3) is 0 Å². The molecule has 1 aliphatic rings. The number of rotatable bonds is 3. The molecule has 2 rings (SSSR count). The monoisotopic (exact) mass is 289 g/mol. The molecule has 0 bridgehead atoms. The highest BCUT2D eigenvalue weighted by Crippen LogP contribution is 2.21. The molecule has 1 saturated heterocycles. The van der Waals surface area contributed by atoms with Gasteiger partial charge in [-0.25, -0.2) is 0 Å². The summed E-state index contributed by atoms with van der Waals surface area (Å²) in [5, 5.41) is 0. The Morgan fingerprint density at radius 2 is 2.10 bits per heavy atom. The highest BCUT2D eigenvalue weighted by Gasteiger charge is 2.33. The molecule has 21 heavy (non-hydrogen) atoms. The summed E-state index contributed by atoms with van der Waals surface area (Å²) in [7, 11) is 3.71. The summed E-state index contributed by atoms with van der Waals surface area (Å²) < 4.78 is 0. The van der Waals surface area contributed by atoms with Gasteiger partial charge in [-0.1, -0.05) is 12.1 Å². The quantitative estimate of drug-likeness (QED) is 0.837. The third-order valence-corrected chi connectivity index (χ3v) is 3.67. The molecule has 0 unspecified atom stereocenters. The van der Waals surface area contributed by atoms with E-state index in [1.807, 2.05) is 57.1 Å². The third kappa shape index (κ3) is 3.61. The van der Waals surface area contributed by atoms with Gasteiger partial charge in [0.1, 0.15) is 6.54 Å². The van der Waals surface area contributed by atoms with Crippen LogP contribution in [0.2, 0.25) is 0 Å². The van der Waals surface area contributed by atoms with Crippen molar-refractivity contribution in [3.05, 3.63) is 29.8 Å². The van der Waals surface area contributed by atoms with Crippen LogP contribution in [0.5, 0.6) is 0 Å². The third-order valence-electron chi connectivity index (χ3n) is 3.67. The van der Waals surface area contributed by atoms with Crippen molar-refractivity contribution in [1.82, 2.24) is 9.80 Å². The van der Waals surface area contributed by atoms with Crippen LogP contribution in [-0.2, 0) is 9.59 Å². The maximum Gasteiger partial charge on any atom is 0.246 e. The summed E-state index contributed by atoms with van der Waals surface area (Å²) >= 11 is 0. The lowest BCUT2D eigenvalue weighted by Gasteiger charge is -2.39. The van der Waals surface area contributed by atoms with Crippen LogP contribution in [0, 0.1) is 6.92 Å². The minimum Gasteiger partial charge on any atom is -0.328 e. The van der Waals surface area contributed by atoms with Crippen molar-refractivity contribution in [1.29, 1.82) is 0 Å². The van der Waals surface area contributed by atoms with Gasteiger partial charge in [-0.3, -0.25) is 9.59 Å². The van der Waals surface area contributed by atoms with Gasteiger partial charge < -0.3 is 14.7 Å². The molecular formula is C16H23N3O2. The first kappa shape index (κ1) is 15.5. The number of piperazine rings is 1. The average Bonchev–Trinajstić information content (AvgIpc) is 2.40. The first-order valence-corrected chi connectivity index (χ1v) is 7.19. The van der Waals surface area contributed by atoms with Crippen molar-refractivity contribution >= 4 is 17.5 Å². The summed E-state index contributed by atoms with van der Waals surface area (Å²) in [6.45, 7) is 5.03. The van der Waals surface area contributed by atoms with Crippen LogP contribution >= 0.6 is 0 Å². The molecule has 2 amide bonds. The second-order valence-electron chi connectivity index (χ2n) is 5.95. The van der Waals surface area contributed by atoms with Gasteiger partial charge in [-0.15, -0.1) is 0 Å². The number of aryl methyl sites for hydroxylation is 1. The van der Waals surface area contributed by atoms with Crippen molar-refractivity contribution < 1.29 is 9.59 Å². The molecule has 114 valence electrons. The Labute approximate surface area is 126 Å². The lowest BCUT2D eigenvalue weighted by atomic mass is 10.1. The van der Waals surface area contributed by atoms with Gasteiger partial charge in [-0.2, -0.15) is 0 Å². The van der Waals surface area contributed by atoms with E-state index in [0.717, 1.165) is 11.3 Å². The van der Waals surface area contributed by atoms with E-state index in [4.69, 9.17) is 0 Å². The van der Waals surface area contributed by atoms with Gasteiger partial charge in [0.05, 0.1) is 6.54 Å². The zero-order valence-corrected chi connectivity index (χ0v) is 13.2. The number of amides is 2. The number of carbonyl (C=O) groups excluding carboxylic acids is 2. The molecule has 0 radical (unpaired) electrons. The fourth-order valence-corrected chi connectivity index (χ4v) is 2.59. The second kappa shape index (κ2) is 6.26. The summed E-state index contributed by atoms with van der Waals surface area (Å²) in [6, 6.07) is 7.92. The van der Waals surface area contributed by atoms with Crippen LogP contribution in [0.25, 0.3) is 0 Å². The molecule has 5 nitrogen and oxygen atoms in total. The molecule has 0 spiro atoms. The fourth-order valence-electron chi connectivity index (χ4n) is 2.59. The van der Waals surface area contributed by atoms with Gasteiger partial charge in [0.15, 0.2) is 0 Å². The summed E-state index contributed by atoms with van der Waals surface area (Å²) in [4.78, 5) is 29.8. The number of benzene rings is 1. The molecule has 0 aliphatic carbocycles. The number of likely N-dealkylation sites (N-methyl/N-ethyl adjacent to an activating group) is 1. The molecule has 1 aromatic carbocycles. The molecule has 0 N–H and O–H groups in total. The van der Waals surface area contributed by atoms with Crippen LogP contribution in [0.3, 0.4) is 0 Å². The molecule has 0 saturated carbocycles. The first-order chi connectivity index (χ1) is 9.88. The standard InChI is InChI=1S/C16H23N3O2/c1-12-6-5-7-14(8-12)19-9-13(2)18(11-16(19)21)15(20)10-17(3)4/h5-8,13H,9-11H2,1-4H3/t13-/m0/s1. The predicted molar refractivity (Wildman–Crippen MR) is 83.3 cm³/mol. The van der Waals surface area contributed by atoms with E-state index in [9.17, 15) is 9.59 Å². The van der Waals surface area contributed by atoms with Crippen LogP contribution in [-0.4, -0.2) is 61.4 Å². The summed E-state index contributed by atoms with van der Waals surface area (Å²) in [6.07, 6.45) is 0. The smallest absolute Gasteiger partial charge is 0.246 e. The lowest BCUT2D eigenvalue weighted by molar-refractivity contribution is -0.139. The van der Waals surface area contributed by atoms with Crippen molar-refractivity contribution in [2.75, 3.05) is 38.6 Å². The van der Waals surface area contributed by atoms with E-state index in [1.54, 1.807) is 9.80 Å². The lowest BCUT2D eigenvalue weighted by Crippen LogP contribution is -2.58. The second-order valence-corrected chi connectivity index (χ2v) is 5.95. The minimum atomic E-state index is -0.0224. The summed E-state index contributed by atoms with van der Waals surface area (Å²) in [5.41, 5.74) is 2.03. The highest BCUT2D eigenvalue weighted by atomic mass is 16.2. The van der Waals surface area contributed by atoms with Crippen molar-refractivity contribution in [2.45, 2.75) is 19.9 Å². The molecule has 1 aliphatic heterocycles. The maximum atomic E-state index is 12.4. The fraction of sp³-hybridized carbons (Fsp3) is 0.500. The Hall–Kier alpha value is -1.88. The van der Waals surface area contributed by atoms with Crippen LogP contribution in [0.4, 0.5) is 5.69 Å². The van der Waals surface area contributed by atoms with E-state index >= 15 is 0 Å². The van der Waals surface area contributed by atoms with Crippen molar-refractivity contribution in [3.63, 3.8) is 0 Å². The highest BCUT2D eigenvalue weighted by molar-refractivity contribution is 5.98. The van der Waals surface area contributed by atoms with Crippen LogP contribution in [0.1, 0.15) is 12.5 Å².